The van der Waals surface area contributed by atoms with Gasteiger partial charge in [-0.15, -0.1) is 0 Å². The van der Waals surface area contributed by atoms with Crippen molar-refractivity contribution in [3.63, 3.8) is 0 Å². The zero-order chi connectivity index (χ0) is 11.0. The standard InChI is InChI=1S/C12H17NO2/c1-8-5-4-6-10-12(8)13(3)9(2)11(7-14)15-10/h4-6,9,11,14H,7H2,1-3H3. The van der Waals surface area contributed by atoms with E-state index in [9.17, 15) is 5.11 Å². The Kier molecular flexibility index (Phi) is 2.57. The molecule has 1 aliphatic rings. The molecule has 1 aromatic rings. The van der Waals surface area contributed by atoms with Crippen LogP contribution in [0.4, 0.5) is 5.69 Å². The highest BCUT2D eigenvalue weighted by atomic mass is 16.5. The van der Waals surface area contributed by atoms with Crippen LogP contribution in [0, 0.1) is 6.92 Å². The van der Waals surface area contributed by atoms with Gasteiger partial charge in [-0.1, -0.05) is 12.1 Å². The van der Waals surface area contributed by atoms with Gasteiger partial charge < -0.3 is 14.7 Å². The maximum absolute atomic E-state index is 9.22. The van der Waals surface area contributed by atoms with Gasteiger partial charge in [0.05, 0.1) is 18.3 Å². The molecule has 3 nitrogen and oxygen atoms in total. The van der Waals surface area contributed by atoms with Gasteiger partial charge in [-0.25, -0.2) is 0 Å². The minimum absolute atomic E-state index is 0.0545. The van der Waals surface area contributed by atoms with Gasteiger partial charge in [0.1, 0.15) is 11.9 Å². The fraction of sp³-hybridized carbons (Fsp3) is 0.500. The van der Waals surface area contributed by atoms with Gasteiger partial charge >= 0.3 is 0 Å². The second kappa shape index (κ2) is 3.74. The summed E-state index contributed by atoms with van der Waals surface area (Å²) in [7, 11) is 2.04. The van der Waals surface area contributed by atoms with E-state index in [1.165, 1.54) is 5.56 Å². The monoisotopic (exact) mass is 207 g/mol. The van der Waals surface area contributed by atoms with Crippen LogP contribution in [0.15, 0.2) is 18.2 Å². The second-order valence-electron chi connectivity index (χ2n) is 4.11. The molecule has 15 heavy (non-hydrogen) atoms. The third kappa shape index (κ3) is 1.57. The Morgan fingerprint density at radius 2 is 2.20 bits per heavy atom. The van der Waals surface area contributed by atoms with Crippen LogP contribution < -0.4 is 9.64 Å². The highest BCUT2D eigenvalue weighted by molar-refractivity contribution is 5.65. The van der Waals surface area contributed by atoms with Crippen molar-refractivity contribution < 1.29 is 9.84 Å². The maximum atomic E-state index is 9.22. The summed E-state index contributed by atoms with van der Waals surface area (Å²) in [6.45, 7) is 4.19. The Hall–Kier alpha value is -1.22. The minimum Gasteiger partial charge on any atom is -0.484 e. The van der Waals surface area contributed by atoms with E-state index >= 15 is 0 Å². The molecule has 2 unspecified atom stereocenters. The first-order chi connectivity index (χ1) is 7.15. The Morgan fingerprint density at radius 1 is 1.47 bits per heavy atom. The normalized spacial score (nSPS) is 24.7. The molecule has 0 fully saturated rings. The van der Waals surface area contributed by atoms with Crippen molar-refractivity contribution in [2.24, 2.45) is 0 Å². The number of para-hydroxylation sites is 1. The van der Waals surface area contributed by atoms with E-state index in [2.05, 4.69) is 24.8 Å². The molecule has 0 saturated heterocycles. The van der Waals surface area contributed by atoms with Gasteiger partial charge in [-0.05, 0) is 25.5 Å². The summed E-state index contributed by atoms with van der Waals surface area (Å²) in [5, 5.41) is 9.22. The van der Waals surface area contributed by atoms with Crippen LogP contribution >= 0.6 is 0 Å². The summed E-state index contributed by atoms with van der Waals surface area (Å²) in [6.07, 6.45) is -0.135. The number of rotatable bonds is 1. The lowest BCUT2D eigenvalue weighted by Gasteiger charge is -2.39. The molecule has 0 aliphatic carbocycles. The summed E-state index contributed by atoms with van der Waals surface area (Å²) in [6, 6.07) is 6.20. The van der Waals surface area contributed by atoms with Crippen molar-refractivity contribution in [1.82, 2.24) is 0 Å². The number of likely N-dealkylation sites (N-methyl/N-ethyl adjacent to an activating group) is 1. The molecule has 0 amide bonds. The Morgan fingerprint density at radius 3 is 2.87 bits per heavy atom. The van der Waals surface area contributed by atoms with Crippen LogP contribution in [0.1, 0.15) is 12.5 Å². The Labute approximate surface area is 90.3 Å². The predicted octanol–water partition coefficient (Wildman–Crippen LogP) is 1.57. The van der Waals surface area contributed by atoms with E-state index in [4.69, 9.17) is 4.74 Å². The van der Waals surface area contributed by atoms with Gasteiger partial charge in [-0.2, -0.15) is 0 Å². The molecular weight excluding hydrogens is 190 g/mol. The van der Waals surface area contributed by atoms with Gasteiger partial charge in [0.25, 0.3) is 0 Å². The van der Waals surface area contributed by atoms with Crippen molar-refractivity contribution in [2.45, 2.75) is 26.0 Å². The molecule has 0 spiro atoms. The third-order valence-corrected chi connectivity index (χ3v) is 3.16. The zero-order valence-corrected chi connectivity index (χ0v) is 9.40. The van der Waals surface area contributed by atoms with Crippen LogP contribution in [0.2, 0.25) is 0 Å². The number of nitrogens with zero attached hydrogens (tertiary/aromatic N) is 1. The zero-order valence-electron chi connectivity index (χ0n) is 9.40. The fourth-order valence-electron chi connectivity index (χ4n) is 2.08. The minimum atomic E-state index is -0.135. The molecular formula is C12H17NO2. The molecule has 2 rings (SSSR count). The van der Waals surface area contributed by atoms with Gasteiger partial charge in [0, 0.05) is 7.05 Å². The number of aliphatic hydroxyl groups excluding tert-OH is 1. The van der Waals surface area contributed by atoms with Crippen molar-refractivity contribution in [2.75, 3.05) is 18.6 Å². The van der Waals surface area contributed by atoms with Gasteiger partial charge in [0.15, 0.2) is 0 Å². The first-order valence-electron chi connectivity index (χ1n) is 5.25. The molecule has 1 heterocycles. The van der Waals surface area contributed by atoms with Gasteiger partial charge in [-0.3, -0.25) is 0 Å². The Bertz CT molecular complexity index is 365. The van der Waals surface area contributed by atoms with Crippen molar-refractivity contribution in [3.05, 3.63) is 23.8 Å². The lowest BCUT2D eigenvalue weighted by Crippen LogP contribution is -2.48. The molecule has 0 aromatic heterocycles. The number of fused-ring (bicyclic) bond motifs is 1. The summed E-state index contributed by atoms with van der Waals surface area (Å²) in [4.78, 5) is 2.18. The largest absolute Gasteiger partial charge is 0.484 e. The number of ether oxygens (including phenoxy) is 1. The van der Waals surface area contributed by atoms with Crippen molar-refractivity contribution in [3.8, 4) is 5.75 Å². The molecule has 1 aromatic carbocycles. The number of aryl methyl sites for hydroxylation is 1. The summed E-state index contributed by atoms with van der Waals surface area (Å²) >= 11 is 0. The van der Waals surface area contributed by atoms with Gasteiger partial charge in [0.2, 0.25) is 0 Å². The quantitative estimate of drug-likeness (QED) is 0.758. The van der Waals surface area contributed by atoms with E-state index in [-0.39, 0.29) is 18.8 Å². The van der Waals surface area contributed by atoms with Crippen molar-refractivity contribution in [1.29, 1.82) is 0 Å². The molecule has 0 saturated carbocycles. The molecule has 0 bridgehead atoms. The smallest absolute Gasteiger partial charge is 0.143 e. The van der Waals surface area contributed by atoms with E-state index in [1.807, 2.05) is 19.2 Å². The molecule has 2 atom stereocenters. The fourth-order valence-corrected chi connectivity index (χ4v) is 2.08. The average Bonchev–Trinajstić information content (AvgIpc) is 2.23. The SMILES string of the molecule is Cc1cccc2c1N(C)C(C)C(CO)O2. The first kappa shape index (κ1) is 10.3. The van der Waals surface area contributed by atoms with Crippen LogP contribution in [-0.4, -0.2) is 30.9 Å². The second-order valence-corrected chi connectivity index (χ2v) is 4.11. The summed E-state index contributed by atoms with van der Waals surface area (Å²) in [5.41, 5.74) is 2.34. The highest BCUT2D eigenvalue weighted by Crippen LogP contribution is 2.37. The van der Waals surface area contributed by atoms with Crippen LogP contribution in [0.3, 0.4) is 0 Å². The van der Waals surface area contributed by atoms with E-state index < -0.39 is 0 Å². The predicted molar refractivity (Wildman–Crippen MR) is 60.5 cm³/mol. The topological polar surface area (TPSA) is 32.7 Å². The maximum Gasteiger partial charge on any atom is 0.143 e. The van der Waals surface area contributed by atoms with E-state index in [0.29, 0.717) is 0 Å². The molecule has 3 heteroatoms. The molecule has 0 radical (unpaired) electrons. The summed E-state index contributed by atoms with van der Waals surface area (Å²) in [5.74, 6) is 0.870. The van der Waals surface area contributed by atoms with E-state index in [1.54, 1.807) is 0 Å². The van der Waals surface area contributed by atoms with Crippen LogP contribution in [0.25, 0.3) is 0 Å². The lowest BCUT2D eigenvalue weighted by molar-refractivity contribution is 0.0888. The number of aliphatic hydroxyl groups is 1. The highest BCUT2D eigenvalue weighted by Gasteiger charge is 2.30. The number of hydrogen-bond donors (Lipinski definition) is 1. The number of benzene rings is 1. The average molecular weight is 207 g/mol. The number of anilines is 1. The lowest BCUT2D eigenvalue weighted by atomic mass is 10.1. The van der Waals surface area contributed by atoms with Crippen molar-refractivity contribution >= 4 is 5.69 Å². The van der Waals surface area contributed by atoms with Crippen LogP contribution in [0.5, 0.6) is 5.75 Å². The molecule has 1 N–H and O–H groups in total. The third-order valence-electron chi connectivity index (χ3n) is 3.16. The Balaban J connectivity index is 2.45. The van der Waals surface area contributed by atoms with E-state index in [0.717, 1.165) is 11.4 Å². The molecule has 82 valence electrons. The van der Waals surface area contributed by atoms with Crippen LogP contribution in [-0.2, 0) is 0 Å². The first-order valence-corrected chi connectivity index (χ1v) is 5.25. The molecule has 1 aliphatic heterocycles. The summed E-state index contributed by atoms with van der Waals surface area (Å²) < 4.78 is 5.75. The number of hydrogen-bond acceptors (Lipinski definition) is 3.